The van der Waals surface area contributed by atoms with Gasteiger partial charge in [-0.05, 0) is 49.7 Å². The Kier molecular flexibility index (Phi) is 6.74. The van der Waals surface area contributed by atoms with Crippen LogP contribution in [0.5, 0.6) is 0 Å². The van der Waals surface area contributed by atoms with Crippen LogP contribution in [-0.2, 0) is 11.3 Å². The number of carbonyl (C=O) groups is 2. The van der Waals surface area contributed by atoms with Crippen LogP contribution in [0.1, 0.15) is 35.5 Å². The van der Waals surface area contributed by atoms with Gasteiger partial charge in [-0.15, -0.1) is 10.2 Å². The minimum atomic E-state index is -0.381. The first kappa shape index (κ1) is 22.5. The maximum absolute atomic E-state index is 13.1. The van der Waals surface area contributed by atoms with Crippen LogP contribution >= 0.6 is 11.8 Å². The van der Waals surface area contributed by atoms with E-state index < -0.39 is 0 Å². The number of rotatable bonds is 8. The predicted molar refractivity (Wildman–Crippen MR) is 128 cm³/mol. The lowest BCUT2D eigenvalue weighted by molar-refractivity contribution is -0.114. The number of nitrogens with one attached hydrogen (secondary N) is 1. The average Bonchev–Trinajstić information content (AvgIpc) is 3.39. The second-order valence-electron chi connectivity index (χ2n) is 7.65. The van der Waals surface area contributed by atoms with Crippen molar-refractivity contribution < 1.29 is 14.0 Å². The van der Waals surface area contributed by atoms with Gasteiger partial charge in [0, 0.05) is 18.2 Å². The summed E-state index contributed by atoms with van der Waals surface area (Å²) in [6.45, 7) is 5.77. The van der Waals surface area contributed by atoms with Gasteiger partial charge in [-0.2, -0.15) is 0 Å². The Morgan fingerprint density at radius 2 is 1.79 bits per heavy atom. The fourth-order valence-electron chi connectivity index (χ4n) is 3.47. The number of aromatic nitrogens is 3. The van der Waals surface area contributed by atoms with E-state index in [1.54, 1.807) is 30.5 Å². The SMILES string of the molecule is CC(=O)Nc1ccc(C(=O)C(C)Sc2nnc(-c3ccoc3C)n2Cc2ccccc2)cc1. The summed E-state index contributed by atoms with van der Waals surface area (Å²) in [7, 11) is 0. The van der Waals surface area contributed by atoms with Crippen molar-refractivity contribution in [1.29, 1.82) is 0 Å². The smallest absolute Gasteiger partial charge is 0.221 e. The van der Waals surface area contributed by atoms with Crippen molar-refractivity contribution >= 4 is 29.1 Å². The first-order valence-electron chi connectivity index (χ1n) is 10.5. The molecule has 2 heterocycles. The molecule has 1 N–H and O–H groups in total. The van der Waals surface area contributed by atoms with Crippen molar-refractivity contribution in [3.8, 4) is 11.4 Å². The highest BCUT2D eigenvalue weighted by Gasteiger charge is 2.23. The zero-order valence-electron chi connectivity index (χ0n) is 18.6. The van der Waals surface area contributed by atoms with Gasteiger partial charge in [-0.25, -0.2) is 0 Å². The van der Waals surface area contributed by atoms with Crippen molar-refractivity contribution in [3.05, 3.63) is 83.8 Å². The Morgan fingerprint density at radius 1 is 1.06 bits per heavy atom. The number of amides is 1. The first-order valence-corrected chi connectivity index (χ1v) is 11.4. The van der Waals surface area contributed by atoms with E-state index in [4.69, 9.17) is 4.42 Å². The molecule has 4 aromatic rings. The van der Waals surface area contributed by atoms with Crippen LogP contribution in [0.2, 0.25) is 0 Å². The molecule has 2 aromatic heterocycles. The lowest BCUT2D eigenvalue weighted by atomic mass is 10.1. The van der Waals surface area contributed by atoms with Crippen LogP contribution < -0.4 is 5.32 Å². The minimum Gasteiger partial charge on any atom is -0.469 e. The zero-order chi connectivity index (χ0) is 23.4. The fraction of sp³-hybridized carbons (Fsp3) is 0.200. The van der Waals surface area contributed by atoms with E-state index in [2.05, 4.69) is 15.5 Å². The molecule has 2 aromatic carbocycles. The number of benzene rings is 2. The number of nitrogens with zero attached hydrogens (tertiary/aromatic N) is 3. The Bertz CT molecular complexity index is 1260. The van der Waals surface area contributed by atoms with Crippen molar-refractivity contribution in [2.24, 2.45) is 0 Å². The molecule has 0 radical (unpaired) electrons. The number of ketones is 1. The number of carbonyl (C=O) groups excluding carboxylic acids is 2. The van der Waals surface area contributed by atoms with Crippen LogP contribution in [0.25, 0.3) is 11.4 Å². The molecule has 0 spiro atoms. The molecular formula is C25H24N4O3S. The summed E-state index contributed by atoms with van der Waals surface area (Å²) >= 11 is 1.37. The summed E-state index contributed by atoms with van der Waals surface area (Å²) in [5.41, 5.74) is 3.21. The Balaban J connectivity index is 1.59. The molecule has 33 heavy (non-hydrogen) atoms. The molecule has 0 aliphatic carbocycles. The summed E-state index contributed by atoms with van der Waals surface area (Å²) in [6, 6.07) is 18.8. The number of hydrogen-bond donors (Lipinski definition) is 1. The standard InChI is InChI=1S/C25H24N4O3S/c1-16-22(13-14-32-16)24-27-28-25(29(24)15-19-7-5-4-6-8-19)33-17(2)23(31)20-9-11-21(12-10-20)26-18(3)30/h4-14,17H,15H2,1-3H3,(H,26,30). The van der Waals surface area contributed by atoms with Gasteiger partial charge in [-0.3, -0.25) is 14.2 Å². The minimum absolute atomic E-state index is 0.0234. The highest BCUT2D eigenvalue weighted by atomic mass is 32.2. The van der Waals surface area contributed by atoms with Gasteiger partial charge < -0.3 is 9.73 Å². The van der Waals surface area contributed by atoms with E-state index >= 15 is 0 Å². The van der Waals surface area contributed by atoms with E-state index in [1.165, 1.54) is 18.7 Å². The van der Waals surface area contributed by atoms with E-state index in [1.807, 2.05) is 54.8 Å². The molecule has 1 amide bonds. The fourth-order valence-corrected chi connectivity index (χ4v) is 4.39. The molecular weight excluding hydrogens is 436 g/mol. The Hall–Kier alpha value is -3.65. The first-order chi connectivity index (χ1) is 15.9. The van der Waals surface area contributed by atoms with Crippen LogP contribution in [0, 0.1) is 6.92 Å². The topological polar surface area (TPSA) is 90.0 Å². The van der Waals surface area contributed by atoms with Crippen LogP contribution in [-0.4, -0.2) is 31.7 Å². The van der Waals surface area contributed by atoms with Gasteiger partial charge in [0.15, 0.2) is 16.8 Å². The van der Waals surface area contributed by atoms with Gasteiger partial charge >= 0.3 is 0 Å². The second kappa shape index (κ2) is 9.87. The number of thioether (sulfide) groups is 1. The molecule has 4 rings (SSSR count). The van der Waals surface area contributed by atoms with Gasteiger partial charge in [0.25, 0.3) is 0 Å². The van der Waals surface area contributed by atoms with E-state index in [0.717, 1.165) is 16.9 Å². The van der Waals surface area contributed by atoms with Crippen LogP contribution in [0.4, 0.5) is 5.69 Å². The monoisotopic (exact) mass is 460 g/mol. The van der Waals surface area contributed by atoms with Gasteiger partial charge in [0.2, 0.25) is 5.91 Å². The lowest BCUT2D eigenvalue weighted by Gasteiger charge is -2.13. The van der Waals surface area contributed by atoms with Gasteiger partial charge in [0.05, 0.1) is 23.6 Å². The van der Waals surface area contributed by atoms with E-state index in [-0.39, 0.29) is 16.9 Å². The third-order valence-corrected chi connectivity index (χ3v) is 6.22. The number of hydrogen-bond acceptors (Lipinski definition) is 6. The van der Waals surface area contributed by atoms with E-state index in [0.29, 0.717) is 28.8 Å². The molecule has 0 aliphatic rings. The average molecular weight is 461 g/mol. The van der Waals surface area contributed by atoms with Crippen LogP contribution in [0.15, 0.2) is 76.5 Å². The van der Waals surface area contributed by atoms with Gasteiger partial charge in [-0.1, -0.05) is 42.1 Å². The third kappa shape index (κ3) is 5.23. The number of furan rings is 1. The molecule has 1 unspecified atom stereocenters. The summed E-state index contributed by atoms with van der Waals surface area (Å²) in [4.78, 5) is 24.3. The van der Waals surface area contributed by atoms with Crippen molar-refractivity contribution in [2.45, 2.75) is 37.7 Å². The molecule has 168 valence electrons. The molecule has 8 heteroatoms. The summed E-state index contributed by atoms with van der Waals surface area (Å²) in [5.74, 6) is 1.28. The van der Waals surface area contributed by atoms with Gasteiger partial charge in [0.1, 0.15) is 5.76 Å². The maximum atomic E-state index is 13.1. The molecule has 7 nitrogen and oxygen atoms in total. The molecule has 0 fully saturated rings. The summed E-state index contributed by atoms with van der Waals surface area (Å²) in [6.07, 6.45) is 1.63. The predicted octanol–water partition coefficient (Wildman–Crippen LogP) is 5.22. The number of Topliss-reactive ketones (excluding diaryl/α,β-unsaturated/α-hetero) is 1. The Labute approximate surface area is 196 Å². The highest BCUT2D eigenvalue weighted by Crippen LogP contribution is 2.31. The molecule has 0 bridgehead atoms. The highest BCUT2D eigenvalue weighted by molar-refractivity contribution is 8.00. The second-order valence-corrected chi connectivity index (χ2v) is 8.96. The normalized spacial score (nSPS) is 11.8. The van der Waals surface area contributed by atoms with Crippen molar-refractivity contribution in [3.63, 3.8) is 0 Å². The number of anilines is 1. The molecule has 0 saturated heterocycles. The maximum Gasteiger partial charge on any atom is 0.221 e. The largest absolute Gasteiger partial charge is 0.469 e. The zero-order valence-corrected chi connectivity index (χ0v) is 19.4. The van der Waals surface area contributed by atoms with Crippen molar-refractivity contribution in [1.82, 2.24) is 14.8 Å². The lowest BCUT2D eigenvalue weighted by Crippen LogP contribution is -2.15. The molecule has 0 aliphatic heterocycles. The quantitative estimate of drug-likeness (QED) is 0.287. The number of aryl methyl sites for hydroxylation is 1. The Morgan fingerprint density at radius 3 is 2.42 bits per heavy atom. The van der Waals surface area contributed by atoms with Crippen LogP contribution in [0.3, 0.4) is 0 Å². The summed E-state index contributed by atoms with van der Waals surface area (Å²) < 4.78 is 7.49. The van der Waals surface area contributed by atoms with Crippen molar-refractivity contribution in [2.75, 3.05) is 5.32 Å². The molecule has 1 atom stereocenters. The summed E-state index contributed by atoms with van der Waals surface area (Å²) in [5, 5.41) is 11.8. The molecule has 0 saturated carbocycles. The third-order valence-electron chi connectivity index (χ3n) is 5.14. The van der Waals surface area contributed by atoms with E-state index in [9.17, 15) is 9.59 Å².